The molecule has 1 heterocycles. The predicted molar refractivity (Wildman–Crippen MR) is 113 cm³/mol. The molecular weight excluding hydrogens is 398 g/mol. The second kappa shape index (κ2) is 10.4. The molecule has 1 aromatic heterocycles. The predicted octanol–water partition coefficient (Wildman–Crippen LogP) is 6.17. The van der Waals surface area contributed by atoms with E-state index in [2.05, 4.69) is 31.1 Å². The summed E-state index contributed by atoms with van der Waals surface area (Å²) in [6.45, 7) is 9.24. The Morgan fingerprint density at radius 3 is 2.21 bits per heavy atom. The van der Waals surface area contributed by atoms with Crippen LogP contribution in [0.3, 0.4) is 0 Å². The van der Waals surface area contributed by atoms with Crippen molar-refractivity contribution < 1.29 is 13.2 Å². The van der Waals surface area contributed by atoms with Gasteiger partial charge in [-0.2, -0.15) is 0 Å². The second-order valence-corrected chi connectivity index (χ2v) is 12.2. The number of nitrogens with zero attached hydrogens (tertiary/aromatic N) is 1. The van der Waals surface area contributed by atoms with Gasteiger partial charge in [-0.3, -0.25) is 0 Å². The minimum absolute atomic E-state index is 0.259. The lowest BCUT2D eigenvalue weighted by Gasteiger charge is -2.34. The average molecular weight is 427 g/mol. The molecule has 0 aliphatic carbocycles. The molecular formula is C21H29ClF2N2OSi. The van der Waals surface area contributed by atoms with Crippen LogP contribution in [-0.2, 0) is 11.0 Å². The molecule has 0 aliphatic rings. The molecule has 0 radical (unpaired) electrons. The normalized spacial score (nSPS) is 13.0. The van der Waals surface area contributed by atoms with E-state index in [1.807, 2.05) is 19.1 Å². The molecule has 1 aromatic carbocycles. The van der Waals surface area contributed by atoms with Crippen molar-refractivity contribution in [2.75, 3.05) is 6.54 Å². The molecule has 154 valence electrons. The molecule has 0 saturated carbocycles. The van der Waals surface area contributed by atoms with E-state index < -0.39 is 20.0 Å². The van der Waals surface area contributed by atoms with Gasteiger partial charge in [-0.25, -0.2) is 13.8 Å². The smallest absolute Gasteiger partial charge is 0.192 e. The molecule has 3 nitrogen and oxygen atoms in total. The molecule has 2 rings (SSSR count). The minimum Gasteiger partial charge on any atom is -0.409 e. The number of aromatic nitrogens is 1. The van der Waals surface area contributed by atoms with Gasteiger partial charge in [0, 0.05) is 30.4 Å². The van der Waals surface area contributed by atoms with E-state index in [9.17, 15) is 8.78 Å². The zero-order valence-corrected chi connectivity index (χ0v) is 18.7. The van der Waals surface area contributed by atoms with E-state index >= 15 is 0 Å². The van der Waals surface area contributed by atoms with Crippen molar-refractivity contribution >= 4 is 19.9 Å². The number of hydrogen-bond donors (Lipinski definition) is 1. The summed E-state index contributed by atoms with van der Waals surface area (Å²) in [5, 5.41) is 3.71. The monoisotopic (exact) mass is 426 g/mol. The highest BCUT2D eigenvalue weighted by Crippen LogP contribution is 2.32. The van der Waals surface area contributed by atoms with Crippen LogP contribution in [0.2, 0.25) is 23.3 Å². The van der Waals surface area contributed by atoms with Gasteiger partial charge in [0.05, 0.1) is 6.10 Å². The molecule has 1 N–H and O–H groups in total. The zero-order chi connectivity index (χ0) is 20.7. The zero-order valence-electron chi connectivity index (χ0n) is 17.0. The van der Waals surface area contributed by atoms with E-state index in [0.717, 1.165) is 35.5 Å². The number of benzene rings is 1. The molecule has 0 amide bonds. The molecule has 0 fully saturated rings. The Balaban J connectivity index is 2.20. The van der Waals surface area contributed by atoms with Crippen LogP contribution >= 0.6 is 11.6 Å². The Hall–Kier alpha value is -1.34. The van der Waals surface area contributed by atoms with Gasteiger partial charge >= 0.3 is 0 Å². The van der Waals surface area contributed by atoms with Gasteiger partial charge < -0.3 is 9.74 Å². The summed E-state index contributed by atoms with van der Waals surface area (Å²) in [6, 6.07) is 10.5. The standard InChI is InChI=1S/C21H29ClF2N2OSi/c1-5-28(6-2,7-3)27-20(19-9-8-15(4)26-21(19)22)14-25-13-16-10-17(23)12-18(24)11-16/h8-12,20,25H,5-7,13-14H2,1-4H3. The summed E-state index contributed by atoms with van der Waals surface area (Å²) >= 11 is 6.42. The van der Waals surface area contributed by atoms with Crippen LogP contribution in [0.15, 0.2) is 30.3 Å². The summed E-state index contributed by atoms with van der Waals surface area (Å²) in [7, 11) is -1.89. The Morgan fingerprint density at radius 1 is 1.07 bits per heavy atom. The van der Waals surface area contributed by atoms with Crippen molar-refractivity contribution in [1.29, 1.82) is 0 Å². The van der Waals surface area contributed by atoms with Gasteiger partial charge in [-0.05, 0) is 48.8 Å². The fourth-order valence-corrected chi connectivity index (χ4v) is 6.49. The quantitative estimate of drug-likeness (QED) is 0.364. The maximum absolute atomic E-state index is 13.4. The third-order valence-electron chi connectivity index (χ3n) is 5.27. The molecule has 2 aromatic rings. The highest BCUT2D eigenvalue weighted by molar-refractivity contribution is 6.73. The van der Waals surface area contributed by atoms with Crippen molar-refractivity contribution in [2.24, 2.45) is 0 Å². The Bertz CT molecular complexity index is 758. The first-order chi connectivity index (χ1) is 13.3. The Morgan fingerprint density at radius 2 is 1.68 bits per heavy atom. The third-order valence-corrected chi connectivity index (χ3v) is 10.2. The highest BCUT2D eigenvalue weighted by Gasteiger charge is 2.33. The molecule has 7 heteroatoms. The number of hydrogen-bond acceptors (Lipinski definition) is 3. The van der Waals surface area contributed by atoms with Crippen molar-refractivity contribution in [3.05, 3.63) is 63.9 Å². The number of rotatable bonds is 10. The molecule has 28 heavy (non-hydrogen) atoms. The maximum Gasteiger partial charge on any atom is 0.192 e. The van der Waals surface area contributed by atoms with E-state index in [1.54, 1.807) is 0 Å². The van der Waals surface area contributed by atoms with Crippen LogP contribution in [0.5, 0.6) is 0 Å². The van der Waals surface area contributed by atoms with Gasteiger partial charge in [0.1, 0.15) is 16.8 Å². The fourth-order valence-electron chi connectivity index (χ4n) is 3.35. The number of nitrogens with one attached hydrogen (secondary N) is 1. The second-order valence-electron chi connectivity index (χ2n) is 7.09. The van der Waals surface area contributed by atoms with Gasteiger partial charge in [-0.1, -0.05) is 38.4 Å². The van der Waals surface area contributed by atoms with Crippen molar-refractivity contribution in [2.45, 2.75) is 58.5 Å². The lowest BCUT2D eigenvalue weighted by Crippen LogP contribution is -2.40. The molecule has 1 atom stereocenters. The summed E-state index contributed by atoms with van der Waals surface area (Å²) in [6.07, 6.45) is -0.259. The van der Waals surface area contributed by atoms with Gasteiger partial charge in [0.2, 0.25) is 0 Å². The first-order valence-electron chi connectivity index (χ1n) is 9.79. The summed E-state index contributed by atoms with van der Waals surface area (Å²) in [5.41, 5.74) is 2.24. The topological polar surface area (TPSA) is 34.1 Å². The van der Waals surface area contributed by atoms with Crippen molar-refractivity contribution in [1.82, 2.24) is 10.3 Å². The molecule has 0 bridgehead atoms. The van der Waals surface area contributed by atoms with Crippen LogP contribution in [0.4, 0.5) is 8.78 Å². The van der Waals surface area contributed by atoms with Crippen LogP contribution in [0.25, 0.3) is 0 Å². The Labute approximate surface area is 172 Å². The lowest BCUT2D eigenvalue weighted by atomic mass is 10.1. The molecule has 1 unspecified atom stereocenters. The SMILES string of the molecule is CC[Si](CC)(CC)OC(CNCc1cc(F)cc(F)c1)c1ccc(C)nc1Cl. The van der Waals surface area contributed by atoms with Crippen molar-refractivity contribution in [3.8, 4) is 0 Å². The fraction of sp³-hybridized carbons (Fsp3) is 0.476. The molecule has 0 saturated heterocycles. The summed E-state index contributed by atoms with van der Waals surface area (Å²) in [4.78, 5) is 4.37. The van der Waals surface area contributed by atoms with Crippen molar-refractivity contribution in [3.63, 3.8) is 0 Å². The first-order valence-corrected chi connectivity index (χ1v) is 12.7. The number of halogens is 3. The number of pyridine rings is 1. The van der Waals surface area contributed by atoms with E-state index in [0.29, 0.717) is 23.8 Å². The van der Waals surface area contributed by atoms with E-state index in [1.165, 1.54) is 12.1 Å². The van der Waals surface area contributed by atoms with Gasteiger partial charge in [0.25, 0.3) is 0 Å². The van der Waals surface area contributed by atoms with Gasteiger partial charge in [0.15, 0.2) is 8.32 Å². The summed E-state index contributed by atoms with van der Waals surface area (Å²) < 4.78 is 33.5. The van der Waals surface area contributed by atoms with Crippen LogP contribution in [0, 0.1) is 18.6 Å². The average Bonchev–Trinajstić information content (AvgIpc) is 2.64. The minimum atomic E-state index is -1.89. The first kappa shape index (κ1) is 22.9. The Kier molecular flexibility index (Phi) is 8.55. The number of aryl methyl sites for hydroxylation is 1. The summed E-state index contributed by atoms with van der Waals surface area (Å²) in [5.74, 6) is -1.16. The third kappa shape index (κ3) is 6.08. The van der Waals surface area contributed by atoms with Gasteiger partial charge in [-0.15, -0.1) is 0 Å². The largest absolute Gasteiger partial charge is 0.409 e. The van der Waals surface area contributed by atoms with Crippen LogP contribution in [-0.4, -0.2) is 19.8 Å². The van der Waals surface area contributed by atoms with Crippen LogP contribution < -0.4 is 5.32 Å². The highest BCUT2D eigenvalue weighted by atomic mass is 35.5. The maximum atomic E-state index is 13.4. The molecule has 0 aliphatic heterocycles. The lowest BCUT2D eigenvalue weighted by molar-refractivity contribution is 0.185. The molecule has 0 spiro atoms. The van der Waals surface area contributed by atoms with Crippen LogP contribution in [0.1, 0.15) is 43.7 Å². The van der Waals surface area contributed by atoms with E-state index in [-0.39, 0.29) is 6.10 Å². The van der Waals surface area contributed by atoms with E-state index in [4.69, 9.17) is 16.0 Å².